The lowest BCUT2D eigenvalue weighted by Gasteiger charge is -2.23. The number of carbonyl (C=O) groups excluding carboxylic acids is 1. The predicted octanol–water partition coefficient (Wildman–Crippen LogP) is 2.97. The number of benzene rings is 2. The Bertz CT molecular complexity index is 1420. The van der Waals surface area contributed by atoms with Gasteiger partial charge in [-0.15, -0.1) is 0 Å². The van der Waals surface area contributed by atoms with E-state index in [1.54, 1.807) is 25.6 Å². The van der Waals surface area contributed by atoms with Gasteiger partial charge in [-0.1, -0.05) is 30.3 Å². The average molecular weight is 531 g/mol. The summed E-state index contributed by atoms with van der Waals surface area (Å²) < 4.78 is 13.5. The van der Waals surface area contributed by atoms with E-state index in [2.05, 4.69) is 48.4 Å². The highest BCUT2D eigenvalue weighted by molar-refractivity contribution is 5.92. The molecule has 0 fully saturated rings. The van der Waals surface area contributed by atoms with Crippen molar-refractivity contribution in [2.24, 2.45) is 0 Å². The fraction of sp³-hybridized carbons (Fsp3) is 0.345. The van der Waals surface area contributed by atoms with Crippen LogP contribution < -0.4 is 20.1 Å². The topological polar surface area (TPSA) is 114 Å². The van der Waals surface area contributed by atoms with E-state index in [0.717, 1.165) is 41.7 Å². The first-order chi connectivity index (χ1) is 19.0. The quantitative estimate of drug-likeness (QED) is 0.369. The summed E-state index contributed by atoms with van der Waals surface area (Å²) in [6.45, 7) is 1.65. The number of likely N-dealkylation sites (N-methyl/N-ethyl adjacent to an activating group) is 1. The molecule has 3 N–H and O–H groups in total. The Hall–Kier alpha value is -4.15. The summed E-state index contributed by atoms with van der Waals surface area (Å²) in [5, 5.41) is 17.1. The summed E-state index contributed by atoms with van der Waals surface area (Å²) in [5.41, 5.74) is 3.94. The zero-order valence-corrected chi connectivity index (χ0v) is 22.3. The summed E-state index contributed by atoms with van der Waals surface area (Å²) in [7, 11) is 3.54. The maximum Gasteiger partial charge on any atom is 0.258 e. The zero-order valence-electron chi connectivity index (χ0n) is 22.3. The first-order valence-electron chi connectivity index (χ1n) is 13.1. The van der Waals surface area contributed by atoms with Crippen LogP contribution in [0.4, 0.5) is 11.5 Å². The fourth-order valence-electron chi connectivity index (χ4n) is 4.96. The number of amides is 1. The molecule has 2 aromatic heterocycles. The largest absolute Gasteiger partial charge is 0.493 e. The molecule has 10 heteroatoms. The highest BCUT2D eigenvalue weighted by atomic mass is 16.5. The van der Waals surface area contributed by atoms with E-state index in [4.69, 9.17) is 9.47 Å². The number of aryl methyl sites for hydroxylation is 1. The van der Waals surface area contributed by atoms with Crippen LogP contribution in [0.2, 0.25) is 0 Å². The number of anilines is 2. The smallest absolute Gasteiger partial charge is 0.258 e. The molecule has 0 spiro atoms. The number of nitrogens with zero attached hydrogens (tertiary/aromatic N) is 4. The first kappa shape index (κ1) is 26.5. The molecule has 10 nitrogen and oxygen atoms in total. The van der Waals surface area contributed by atoms with Crippen LogP contribution >= 0.6 is 0 Å². The molecule has 204 valence electrons. The Labute approximate surface area is 227 Å². The van der Waals surface area contributed by atoms with Gasteiger partial charge in [0.05, 0.1) is 25.1 Å². The molecule has 2 aromatic carbocycles. The summed E-state index contributed by atoms with van der Waals surface area (Å²) >= 11 is 0. The number of ether oxygens (including phenoxy) is 2. The van der Waals surface area contributed by atoms with Crippen molar-refractivity contribution >= 4 is 28.4 Å². The number of hydrogen-bond acceptors (Lipinski definition) is 8. The van der Waals surface area contributed by atoms with Crippen molar-refractivity contribution in [2.45, 2.75) is 25.4 Å². The lowest BCUT2D eigenvalue weighted by molar-refractivity contribution is -0.124. The highest BCUT2D eigenvalue weighted by Crippen LogP contribution is 2.34. The number of hydrogen-bond donors (Lipinski definition) is 3. The van der Waals surface area contributed by atoms with E-state index in [1.165, 1.54) is 5.56 Å². The Balaban J connectivity index is 1.55. The molecule has 5 rings (SSSR count). The Kier molecular flexibility index (Phi) is 8.24. The fourth-order valence-corrected chi connectivity index (χ4v) is 4.96. The van der Waals surface area contributed by atoms with Gasteiger partial charge in [-0.25, -0.2) is 9.97 Å². The number of aromatic nitrogens is 3. The maximum absolute atomic E-state index is 12.6. The second-order valence-corrected chi connectivity index (χ2v) is 9.78. The van der Waals surface area contributed by atoms with Gasteiger partial charge in [0.2, 0.25) is 0 Å². The predicted molar refractivity (Wildman–Crippen MR) is 150 cm³/mol. The number of rotatable bonds is 4. The van der Waals surface area contributed by atoms with E-state index in [1.807, 2.05) is 31.3 Å². The minimum atomic E-state index is -0.399. The molecule has 2 bridgehead atoms. The third kappa shape index (κ3) is 6.30. The van der Waals surface area contributed by atoms with Crippen molar-refractivity contribution < 1.29 is 19.4 Å². The van der Waals surface area contributed by atoms with Crippen molar-refractivity contribution in [1.29, 1.82) is 0 Å². The Morgan fingerprint density at radius 2 is 2.03 bits per heavy atom. The number of aliphatic hydroxyl groups excluding tert-OH is 1. The van der Waals surface area contributed by atoms with Crippen LogP contribution in [0.1, 0.15) is 17.5 Å². The minimum absolute atomic E-state index is 0.160. The number of methoxy groups -OCH3 is 1. The molecular weight excluding hydrogens is 496 g/mol. The minimum Gasteiger partial charge on any atom is -0.493 e. The van der Waals surface area contributed by atoms with Gasteiger partial charge >= 0.3 is 0 Å². The van der Waals surface area contributed by atoms with E-state index in [0.29, 0.717) is 30.4 Å². The normalized spacial score (nSPS) is 17.1. The molecule has 4 aromatic rings. The number of fused-ring (bicyclic) bond motifs is 2. The number of nitrogens with one attached hydrogen (secondary N) is 2. The first-order valence-corrected chi connectivity index (χ1v) is 13.1. The van der Waals surface area contributed by atoms with Gasteiger partial charge in [0.25, 0.3) is 5.91 Å². The standard InChI is InChI=1S/C29H34N6O4/c1-34-12-6-9-21-15-35(14-20-7-4-3-5-8-20)29-27(21)28(30-19-31-29)33-22-10-11-24(38-2)25(13-22)39-18-26(37)32-23(16-34)17-36/h3-5,7-8,10-11,13,15,19,23,36H,6,9,12,14,16-18H2,1-2H3,(H,32,37)(H,30,31,33). The second-order valence-electron chi connectivity index (χ2n) is 9.78. The Morgan fingerprint density at radius 3 is 2.82 bits per heavy atom. The average Bonchev–Trinajstić information content (AvgIpc) is 3.29. The SMILES string of the molecule is COc1ccc2cc1OCC(=O)NC(CO)CN(C)CCCc1cn(Cc3ccccc3)c3ncnc(c13)N2. The molecule has 1 aliphatic rings. The monoisotopic (exact) mass is 530 g/mol. The van der Waals surface area contributed by atoms with Crippen molar-refractivity contribution in [2.75, 3.05) is 45.8 Å². The molecule has 3 heterocycles. The zero-order chi connectivity index (χ0) is 27.2. The molecule has 1 amide bonds. The summed E-state index contributed by atoms with van der Waals surface area (Å²) in [5.74, 6) is 1.32. The van der Waals surface area contributed by atoms with E-state index in [-0.39, 0.29) is 19.1 Å². The third-order valence-electron chi connectivity index (χ3n) is 6.82. The van der Waals surface area contributed by atoms with Gasteiger partial charge in [-0.3, -0.25) is 4.79 Å². The lowest BCUT2D eigenvalue weighted by Crippen LogP contribution is -2.46. The van der Waals surface area contributed by atoms with Crippen LogP contribution in [0, 0.1) is 0 Å². The Morgan fingerprint density at radius 1 is 1.18 bits per heavy atom. The molecule has 0 saturated carbocycles. The van der Waals surface area contributed by atoms with Gasteiger partial charge in [-0.2, -0.15) is 0 Å². The van der Waals surface area contributed by atoms with Gasteiger partial charge in [0.15, 0.2) is 18.1 Å². The van der Waals surface area contributed by atoms with Crippen LogP contribution in [0.25, 0.3) is 11.0 Å². The van der Waals surface area contributed by atoms with E-state index < -0.39 is 6.04 Å². The highest BCUT2D eigenvalue weighted by Gasteiger charge is 2.19. The molecule has 0 aliphatic carbocycles. The molecule has 0 saturated heterocycles. The number of aliphatic hydroxyl groups is 1. The van der Waals surface area contributed by atoms with E-state index in [9.17, 15) is 9.90 Å². The molecule has 39 heavy (non-hydrogen) atoms. The molecule has 1 atom stereocenters. The summed E-state index contributed by atoms with van der Waals surface area (Å²) in [6, 6.07) is 15.4. The van der Waals surface area contributed by atoms with Gasteiger partial charge in [-0.05, 0) is 49.7 Å². The van der Waals surface area contributed by atoms with Gasteiger partial charge < -0.3 is 34.7 Å². The van der Waals surface area contributed by atoms with Crippen LogP contribution in [-0.4, -0.2) is 77.0 Å². The molecule has 1 unspecified atom stereocenters. The number of carbonyl (C=O) groups is 1. The molecule has 0 radical (unpaired) electrons. The molecular formula is C29H34N6O4. The van der Waals surface area contributed by atoms with Crippen molar-refractivity contribution in [1.82, 2.24) is 24.8 Å². The van der Waals surface area contributed by atoms with Crippen LogP contribution in [0.15, 0.2) is 61.1 Å². The lowest BCUT2D eigenvalue weighted by atomic mass is 10.1. The summed E-state index contributed by atoms with van der Waals surface area (Å²) in [4.78, 5) is 24.0. The van der Waals surface area contributed by atoms with Crippen LogP contribution in [-0.2, 0) is 17.8 Å². The van der Waals surface area contributed by atoms with Crippen molar-refractivity contribution in [3.8, 4) is 11.5 Å². The van der Waals surface area contributed by atoms with Crippen LogP contribution in [0.5, 0.6) is 11.5 Å². The third-order valence-corrected chi connectivity index (χ3v) is 6.82. The summed E-state index contributed by atoms with van der Waals surface area (Å²) in [6.07, 6.45) is 5.45. The van der Waals surface area contributed by atoms with Crippen molar-refractivity contribution in [3.05, 3.63) is 72.2 Å². The van der Waals surface area contributed by atoms with Gasteiger partial charge in [0.1, 0.15) is 17.8 Å². The van der Waals surface area contributed by atoms with Crippen molar-refractivity contribution in [3.63, 3.8) is 0 Å². The van der Waals surface area contributed by atoms with Crippen LogP contribution in [0.3, 0.4) is 0 Å². The maximum atomic E-state index is 12.6. The van der Waals surface area contributed by atoms with Gasteiger partial charge in [0, 0.05) is 31.0 Å². The molecule has 1 aliphatic heterocycles. The second kappa shape index (κ2) is 12.1. The van der Waals surface area contributed by atoms with E-state index >= 15 is 0 Å².